The molecular formula is C21H21Cl2NO5. The lowest BCUT2D eigenvalue weighted by molar-refractivity contribution is -0.0221. The molecule has 0 spiro atoms. The van der Waals surface area contributed by atoms with E-state index in [1.807, 2.05) is 0 Å². The van der Waals surface area contributed by atoms with Crippen LogP contribution >= 0.6 is 23.2 Å². The minimum absolute atomic E-state index is 0.0897. The van der Waals surface area contributed by atoms with E-state index in [0.717, 1.165) is 5.56 Å². The van der Waals surface area contributed by atoms with Crippen LogP contribution in [0.3, 0.4) is 0 Å². The summed E-state index contributed by atoms with van der Waals surface area (Å²) in [5.41, 5.74) is 0.887. The molecule has 3 rings (SSSR count). The third-order valence-corrected chi connectivity index (χ3v) is 4.95. The molecule has 29 heavy (non-hydrogen) atoms. The van der Waals surface area contributed by atoms with E-state index in [4.69, 9.17) is 32.7 Å². The molecular weight excluding hydrogens is 417 g/mol. The molecule has 0 bridgehead atoms. The Labute approximate surface area is 178 Å². The van der Waals surface area contributed by atoms with Crippen LogP contribution in [-0.2, 0) is 4.74 Å². The van der Waals surface area contributed by atoms with Gasteiger partial charge in [-0.3, -0.25) is 0 Å². The topological polar surface area (TPSA) is 76.1 Å². The molecule has 2 aromatic carbocycles. The van der Waals surface area contributed by atoms with Crippen LogP contribution in [0.5, 0.6) is 5.75 Å². The molecule has 2 aromatic rings. The van der Waals surface area contributed by atoms with Crippen LogP contribution in [-0.4, -0.2) is 46.9 Å². The molecule has 1 heterocycles. The highest BCUT2D eigenvalue weighted by molar-refractivity contribution is 6.42. The van der Waals surface area contributed by atoms with Gasteiger partial charge in [-0.1, -0.05) is 29.3 Å². The van der Waals surface area contributed by atoms with Gasteiger partial charge in [0.2, 0.25) is 0 Å². The minimum Gasteiger partial charge on any atom is -0.487 e. The van der Waals surface area contributed by atoms with Crippen molar-refractivity contribution in [3.05, 3.63) is 52.0 Å². The average Bonchev–Trinajstić information content (AvgIpc) is 2.58. The van der Waals surface area contributed by atoms with Crippen LogP contribution in [0.15, 0.2) is 36.4 Å². The monoisotopic (exact) mass is 437 g/mol. The Morgan fingerprint density at radius 3 is 2.31 bits per heavy atom. The number of halogens is 2. The highest BCUT2D eigenvalue weighted by Crippen LogP contribution is 2.32. The van der Waals surface area contributed by atoms with E-state index in [1.165, 1.54) is 11.0 Å². The van der Waals surface area contributed by atoms with Crippen LogP contribution in [0.4, 0.5) is 4.79 Å². The van der Waals surface area contributed by atoms with Crippen LogP contribution in [0.1, 0.15) is 31.1 Å². The average molecular weight is 438 g/mol. The van der Waals surface area contributed by atoms with E-state index in [1.54, 1.807) is 51.1 Å². The van der Waals surface area contributed by atoms with Crippen molar-refractivity contribution in [1.82, 2.24) is 4.90 Å². The number of carboxylic acid groups (broad SMARTS) is 1. The highest BCUT2D eigenvalue weighted by atomic mass is 35.5. The smallest absolute Gasteiger partial charge is 0.410 e. The van der Waals surface area contributed by atoms with Crippen molar-refractivity contribution in [1.29, 1.82) is 0 Å². The Hall–Kier alpha value is -2.44. The van der Waals surface area contributed by atoms with Crippen molar-refractivity contribution in [2.24, 2.45) is 0 Å². The molecule has 0 radical (unpaired) electrons. The second-order valence-corrected chi connectivity index (χ2v) is 8.62. The number of nitrogens with zero attached hydrogens (tertiary/aromatic N) is 1. The molecule has 154 valence electrons. The van der Waals surface area contributed by atoms with E-state index in [2.05, 4.69) is 0 Å². The lowest BCUT2D eigenvalue weighted by Crippen LogP contribution is -2.57. The first-order valence-corrected chi connectivity index (χ1v) is 9.76. The molecule has 1 aliphatic rings. The van der Waals surface area contributed by atoms with Gasteiger partial charge in [-0.25, -0.2) is 9.59 Å². The predicted octanol–water partition coefficient (Wildman–Crippen LogP) is 5.36. The van der Waals surface area contributed by atoms with E-state index >= 15 is 0 Å². The first-order valence-electron chi connectivity index (χ1n) is 9.00. The van der Waals surface area contributed by atoms with Gasteiger partial charge in [-0.05, 0) is 62.2 Å². The predicted molar refractivity (Wildman–Crippen MR) is 111 cm³/mol. The minimum atomic E-state index is -1.07. The molecule has 1 N–H and O–H groups in total. The number of benzene rings is 2. The molecule has 0 aliphatic carbocycles. The van der Waals surface area contributed by atoms with Crippen molar-refractivity contribution < 1.29 is 24.2 Å². The Bertz CT molecular complexity index is 949. The fourth-order valence-electron chi connectivity index (χ4n) is 2.81. The Morgan fingerprint density at radius 2 is 1.72 bits per heavy atom. The molecule has 0 aromatic heterocycles. The van der Waals surface area contributed by atoms with Gasteiger partial charge in [0.05, 0.1) is 28.7 Å². The first-order chi connectivity index (χ1) is 13.5. The second-order valence-electron chi connectivity index (χ2n) is 7.81. The van der Waals surface area contributed by atoms with E-state index in [-0.39, 0.29) is 11.7 Å². The SMILES string of the molecule is CC(C)(C)OC(=O)N1CC(Oc2cc(C(=O)O)cc(-c3ccc(Cl)c(Cl)c3)c2)C1. The molecule has 1 saturated heterocycles. The van der Waals surface area contributed by atoms with Gasteiger partial charge in [-0.15, -0.1) is 0 Å². The number of likely N-dealkylation sites (tertiary alicyclic amines) is 1. The molecule has 0 saturated carbocycles. The summed E-state index contributed by atoms with van der Waals surface area (Å²) in [6.07, 6.45) is -0.638. The molecule has 0 unspecified atom stereocenters. The number of hydrogen-bond donors (Lipinski definition) is 1. The maximum atomic E-state index is 12.0. The zero-order chi connectivity index (χ0) is 21.3. The molecule has 0 atom stereocenters. The Kier molecular flexibility index (Phi) is 5.96. The molecule has 8 heteroatoms. The van der Waals surface area contributed by atoms with Crippen LogP contribution < -0.4 is 4.74 Å². The summed E-state index contributed by atoms with van der Waals surface area (Å²) in [5, 5.41) is 10.2. The van der Waals surface area contributed by atoms with Gasteiger partial charge < -0.3 is 19.5 Å². The van der Waals surface area contributed by atoms with Crippen molar-refractivity contribution in [3.8, 4) is 16.9 Å². The summed E-state index contributed by atoms with van der Waals surface area (Å²) in [6.45, 7) is 6.16. The maximum absolute atomic E-state index is 12.0. The number of carbonyl (C=O) groups excluding carboxylic acids is 1. The van der Waals surface area contributed by atoms with Crippen LogP contribution in [0.2, 0.25) is 10.0 Å². The van der Waals surface area contributed by atoms with E-state index < -0.39 is 17.7 Å². The van der Waals surface area contributed by atoms with Crippen molar-refractivity contribution in [3.63, 3.8) is 0 Å². The van der Waals surface area contributed by atoms with Gasteiger partial charge in [0.1, 0.15) is 17.5 Å². The van der Waals surface area contributed by atoms with E-state index in [9.17, 15) is 14.7 Å². The maximum Gasteiger partial charge on any atom is 0.410 e. The Morgan fingerprint density at radius 1 is 1.03 bits per heavy atom. The fourth-order valence-corrected chi connectivity index (χ4v) is 3.11. The van der Waals surface area contributed by atoms with Crippen molar-refractivity contribution in [2.45, 2.75) is 32.5 Å². The fraction of sp³-hybridized carbons (Fsp3) is 0.333. The van der Waals surface area contributed by atoms with E-state index in [0.29, 0.717) is 34.4 Å². The molecule has 1 aliphatic heterocycles. The number of amides is 1. The van der Waals surface area contributed by atoms with Crippen LogP contribution in [0.25, 0.3) is 11.1 Å². The number of ether oxygens (including phenoxy) is 2. The van der Waals surface area contributed by atoms with Gasteiger partial charge in [-0.2, -0.15) is 0 Å². The molecule has 6 nitrogen and oxygen atoms in total. The number of aromatic carboxylic acids is 1. The van der Waals surface area contributed by atoms with Crippen LogP contribution in [0, 0.1) is 0 Å². The normalized spacial score (nSPS) is 14.3. The summed E-state index contributed by atoms with van der Waals surface area (Å²) in [6, 6.07) is 9.82. The summed E-state index contributed by atoms with van der Waals surface area (Å²) in [7, 11) is 0. The lowest BCUT2D eigenvalue weighted by atomic mass is 10.0. The first kappa shape index (κ1) is 21.3. The molecule has 1 amide bonds. The Balaban J connectivity index is 1.75. The zero-order valence-corrected chi connectivity index (χ0v) is 17.8. The second kappa shape index (κ2) is 8.13. The number of rotatable bonds is 4. The third-order valence-electron chi connectivity index (χ3n) is 4.21. The number of carboxylic acids is 1. The largest absolute Gasteiger partial charge is 0.487 e. The van der Waals surface area contributed by atoms with Crippen molar-refractivity contribution >= 4 is 35.3 Å². The summed E-state index contributed by atoms with van der Waals surface area (Å²) < 4.78 is 11.2. The van der Waals surface area contributed by atoms with Crippen molar-refractivity contribution in [2.75, 3.05) is 13.1 Å². The number of carbonyl (C=O) groups is 2. The summed E-state index contributed by atoms with van der Waals surface area (Å²) in [5.74, 6) is -0.666. The summed E-state index contributed by atoms with van der Waals surface area (Å²) >= 11 is 12.0. The quantitative estimate of drug-likeness (QED) is 0.696. The van der Waals surface area contributed by atoms with Gasteiger partial charge in [0, 0.05) is 0 Å². The van der Waals surface area contributed by atoms with Gasteiger partial charge in [0.25, 0.3) is 0 Å². The van der Waals surface area contributed by atoms with Gasteiger partial charge >= 0.3 is 12.1 Å². The standard InChI is InChI=1S/C21H21Cl2NO5/c1-21(2,3)29-20(27)24-10-16(11-24)28-15-7-13(6-14(8-15)19(25)26)12-4-5-17(22)18(23)9-12/h4-9,16H,10-11H2,1-3H3,(H,25,26). The zero-order valence-electron chi connectivity index (χ0n) is 16.2. The lowest BCUT2D eigenvalue weighted by Gasteiger charge is -2.39. The number of hydrogen-bond acceptors (Lipinski definition) is 4. The van der Waals surface area contributed by atoms with Gasteiger partial charge in [0.15, 0.2) is 0 Å². The molecule has 1 fully saturated rings. The summed E-state index contributed by atoms with van der Waals surface area (Å²) in [4.78, 5) is 25.1. The third kappa shape index (κ3) is 5.34. The highest BCUT2D eigenvalue weighted by Gasteiger charge is 2.35.